The Bertz CT molecular complexity index is 596. The molecule has 0 fully saturated rings. The highest BCUT2D eigenvalue weighted by atomic mass is 35.5. The Morgan fingerprint density at radius 3 is 2.70 bits per heavy atom. The molecule has 0 aliphatic heterocycles. The third-order valence-corrected chi connectivity index (χ3v) is 3.22. The van der Waals surface area contributed by atoms with Gasteiger partial charge in [-0.15, -0.1) is 0 Å². The van der Waals surface area contributed by atoms with Crippen LogP contribution >= 0.6 is 11.6 Å². The van der Waals surface area contributed by atoms with Crippen LogP contribution in [0.3, 0.4) is 0 Å². The molecule has 4 nitrogen and oxygen atoms in total. The Balaban J connectivity index is 2.12. The SMILES string of the molecule is CC(C)(CNc1cc(Cl)nc(N)n1)c1cccc(F)c1. The van der Waals surface area contributed by atoms with Crippen LogP contribution < -0.4 is 11.1 Å². The molecular formula is C14H16ClFN4. The average Bonchev–Trinajstić information content (AvgIpc) is 2.35. The molecule has 0 aliphatic rings. The lowest BCUT2D eigenvalue weighted by Gasteiger charge is -2.26. The van der Waals surface area contributed by atoms with E-state index >= 15 is 0 Å². The van der Waals surface area contributed by atoms with Crippen molar-refractivity contribution in [1.82, 2.24) is 9.97 Å². The van der Waals surface area contributed by atoms with Gasteiger partial charge < -0.3 is 11.1 Å². The van der Waals surface area contributed by atoms with E-state index in [0.717, 1.165) is 5.56 Å². The number of rotatable bonds is 4. The van der Waals surface area contributed by atoms with E-state index in [1.54, 1.807) is 12.1 Å². The maximum atomic E-state index is 13.3. The Morgan fingerprint density at radius 1 is 1.30 bits per heavy atom. The van der Waals surface area contributed by atoms with Gasteiger partial charge in [0.05, 0.1) is 0 Å². The Hall–Kier alpha value is -1.88. The van der Waals surface area contributed by atoms with Gasteiger partial charge in [-0.25, -0.2) is 9.37 Å². The highest BCUT2D eigenvalue weighted by Gasteiger charge is 2.21. The molecule has 3 N–H and O–H groups in total. The van der Waals surface area contributed by atoms with E-state index < -0.39 is 0 Å². The summed E-state index contributed by atoms with van der Waals surface area (Å²) >= 11 is 5.82. The summed E-state index contributed by atoms with van der Waals surface area (Å²) in [6.07, 6.45) is 0. The standard InChI is InChI=1S/C14H16ClFN4/c1-14(2,9-4-3-5-10(16)6-9)8-18-12-7-11(15)19-13(17)20-12/h3-7H,8H2,1-2H3,(H3,17,18,19,20). The van der Waals surface area contributed by atoms with Gasteiger partial charge in [-0.1, -0.05) is 37.6 Å². The second kappa shape index (κ2) is 5.63. The van der Waals surface area contributed by atoms with E-state index in [4.69, 9.17) is 17.3 Å². The number of hydrogen-bond acceptors (Lipinski definition) is 4. The van der Waals surface area contributed by atoms with Gasteiger partial charge in [-0.05, 0) is 17.7 Å². The van der Waals surface area contributed by atoms with Gasteiger partial charge in [0.2, 0.25) is 5.95 Å². The van der Waals surface area contributed by atoms with Crippen LogP contribution in [0.25, 0.3) is 0 Å². The summed E-state index contributed by atoms with van der Waals surface area (Å²) in [6, 6.07) is 8.15. The summed E-state index contributed by atoms with van der Waals surface area (Å²) in [6.45, 7) is 4.59. The summed E-state index contributed by atoms with van der Waals surface area (Å²) in [4.78, 5) is 7.84. The molecule has 2 aromatic rings. The predicted molar refractivity (Wildman–Crippen MR) is 79.4 cm³/mol. The number of hydrogen-bond donors (Lipinski definition) is 2. The summed E-state index contributed by atoms with van der Waals surface area (Å²) in [7, 11) is 0. The number of aromatic nitrogens is 2. The third kappa shape index (κ3) is 3.57. The normalized spacial score (nSPS) is 11.4. The fourth-order valence-electron chi connectivity index (χ4n) is 1.85. The molecule has 0 spiro atoms. The first-order chi connectivity index (χ1) is 9.37. The van der Waals surface area contributed by atoms with Crippen LogP contribution in [0.4, 0.5) is 16.2 Å². The third-order valence-electron chi connectivity index (χ3n) is 3.03. The van der Waals surface area contributed by atoms with Gasteiger partial charge in [0.25, 0.3) is 0 Å². The molecule has 0 bridgehead atoms. The van der Waals surface area contributed by atoms with Crippen LogP contribution in [0.5, 0.6) is 0 Å². The second-order valence-corrected chi connectivity index (χ2v) is 5.57. The number of nitrogens with zero attached hydrogens (tertiary/aromatic N) is 2. The van der Waals surface area contributed by atoms with Crippen molar-refractivity contribution < 1.29 is 4.39 Å². The van der Waals surface area contributed by atoms with Gasteiger partial charge >= 0.3 is 0 Å². The zero-order valence-electron chi connectivity index (χ0n) is 11.3. The molecule has 0 unspecified atom stereocenters. The van der Waals surface area contributed by atoms with Crippen LogP contribution in [-0.2, 0) is 5.41 Å². The summed E-state index contributed by atoms with van der Waals surface area (Å²) in [5, 5.41) is 3.43. The topological polar surface area (TPSA) is 63.8 Å². The van der Waals surface area contributed by atoms with Crippen LogP contribution in [0, 0.1) is 5.82 Å². The van der Waals surface area contributed by atoms with Crippen molar-refractivity contribution in [2.45, 2.75) is 19.3 Å². The molecule has 0 aliphatic carbocycles. The fourth-order valence-corrected chi connectivity index (χ4v) is 2.04. The number of nitrogens with one attached hydrogen (secondary N) is 1. The number of benzene rings is 1. The van der Waals surface area contributed by atoms with Crippen molar-refractivity contribution in [3.63, 3.8) is 0 Å². The first-order valence-corrected chi connectivity index (χ1v) is 6.54. The number of nitrogens with two attached hydrogens (primary N) is 1. The number of halogens is 2. The van der Waals surface area contributed by atoms with Crippen LogP contribution in [0.2, 0.25) is 5.15 Å². The minimum absolute atomic E-state index is 0.114. The van der Waals surface area contributed by atoms with E-state index in [1.165, 1.54) is 12.1 Å². The molecule has 20 heavy (non-hydrogen) atoms. The lowest BCUT2D eigenvalue weighted by Crippen LogP contribution is -2.28. The van der Waals surface area contributed by atoms with Crippen molar-refractivity contribution >= 4 is 23.4 Å². The minimum Gasteiger partial charge on any atom is -0.369 e. The highest BCUT2D eigenvalue weighted by molar-refractivity contribution is 6.29. The minimum atomic E-state index is -0.270. The lowest BCUT2D eigenvalue weighted by atomic mass is 9.84. The van der Waals surface area contributed by atoms with Gasteiger partial charge in [-0.2, -0.15) is 4.98 Å². The molecule has 1 aromatic heterocycles. The van der Waals surface area contributed by atoms with Crippen molar-refractivity contribution in [2.75, 3.05) is 17.6 Å². The van der Waals surface area contributed by atoms with Gasteiger partial charge in [-0.3, -0.25) is 0 Å². The van der Waals surface area contributed by atoms with Crippen LogP contribution in [0.1, 0.15) is 19.4 Å². The van der Waals surface area contributed by atoms with Crippen molar-refractivity contribution in [1.29, 1.82) is 0 Å². The zero-order chi connectivity index (χ0) is 14.8. The van der Waals surface area contributed by atoms with Gasteiger partial charge in [0.1, 0.15) is 16.8 Å². The van der Waals surface area contributed by atoms with Crippen molar-refractivity contribution in [3.05, 3.63) is 46.9 Å². The largest absolute Gasteiger partial charge is 0.369 e. The predicted octanol–water partition coefficient (Wildman–Crippen LogP) is 3.24. The van der Waals surface area contributed by atoms with E-state index in [2.05, 4.69) is 15.3 Å². The smallest absolute Gasteiger partial charge is 0.223 e. The van der Waals surface area contributed by atoms with Gasteiger partial charge in [0, 0.05) is 18.0 Å². The number of anilines is 2. The highest BCUT2D eigenvalue weighted by Crippen LogP contribution is 2.24. The molecule has 0 radical (unpaired) electrons. The van der Waals surface area contributed by atoms with Crippen LogP contribution in [0.15, 0.2) is 30.3 Å². The van der Waals surface area contributed by atoms with E-state index in [1.807, 2.05) is 19.9 Å². The number of nitrogen functional groups attached to an aromatic ring is 1. The Labute approximate surface area is 122 Å². The molecule has 0 saturated carbocycles. The molecule has 0 saturated heterocycles. The monoisotopic (exact) mass is 294 g/mol. The van der Waals surface area contributed by atoms with Crippen LogP contribution in [-0.4, -0.2) is 16.5 Å². The molecule has 6 heteroatoms. The lowest BCUT2D eigenvalue weighted by molar-refractivity contribution is 0.545. The zero-order valence-corrected chi connectivity index (χ0v) is 12.1. The average molecular weight is 295 g/mol. The van der Waals surface area contributed by atoms with E-state index in [-0.39, 0.29) is 22.3 Å². The fraction of sp³-hybridized carbons (Fsp3) is 0.286. The molecular weight excluding hydrogens is 279 g/mol. The van der Waals surface area contributed by atoms with Gasteiger partial charge in [0.15, 0.2) is 0 Å². The summed E-state index contributed by atoms with van der Waals surface area (Å²) < 4.78 is 13.3. The maximum absolute atomic E-state index is 13.3. The molecule has 0 atom stereocenters. The molecule has 0 amide bonds. The first-order valence-electron chi connectivity index (χ1n) is 6.17. The molecule has 106 valence electrons. The quantitative estimate of drug-likeness (QED) is 0.850. The van der Waals surface area contributed by atoms with E-state index in [9.17, 15) is 4.39 Å². The second-order valence-electron chi connectivity index (χ2n) is 5.18. The van der Waals surface area contributed by atoms with Crippen molar-refractivity contribution in [2.24, 2.45) is 0 Å². The Kier molecular flexibility index (Phi) is 4.09. The summed E-state index contributed by atoms with van der Waals surface area (Å²) in [5.41, 5.74) is 6.16. The van der Waals surface area contributed by atoms with Crippen molar-refractivity contribution in [3.8, 4) is 0 Å². The maximum Gasteiger partial charge on any atom is 0.223 e. The van der Waals surface area contributed by atoms with E-state index in [0.29, 0.717) is 12.4 Å². The Morgan fingerprint density at radius 2 is 2.05 bits per heavy atom. The first kappa shape index (κ1) is 14.5. The summed E-state index contributed by atoms with van der Waals surface area (Å²) in [5.74, 6) is 0.417. The molecule has 2 rings (SSSR count). The molecule has 1 heterocycles. The molecule has 1 aromatic carbocycles.